The highest BCUT2D eigenvalue weighted by Gasteiger charge is 2.34. The van der Waals surface area contributed by atoms with E-state index < -0.39 is 51.3 Å². The number of amides is 1. The normalized spacial score (nSPS) is 18.9. The second kappa shape index (κ2) is 14.8. The standard InChI is InChI=1S/C31H35F4N5O4S/c32-22-3-1-20(2-4-22)28(21-13-23(33)15-24(34)14-21)16-31(41)38-30-19-37-18-29(35)27(30)6-5-26-17-36-9-10-40(26)45(42,43)39-25-7-11-44-12-8-25/h1-4,13-15,18-19,25-26,28,36,39H,5-12,16-17H2,(H,38,41)/t26-,28-/m0/s1. The van der Waals surface area contributed by atoms with Crippen molar-refractivity contribution in [2.45, 2.75) is 50.1 Å². The molecule has 3 N–H and O–H groups in total. The molecule has 5 rings (SSSR count). The summed E-state index contributed by atoms with van der Waals surface area (Å²) in [6.07, 6.45) is 3.53. The molecule has 0 bridgehead atoms. The Morgan fingerprint density at radius 3 is 2.42 bits per heavy atom. The second-order valence-electron chi connectivity index (χ2n) is 11.2. The number of nitrogens with zero attached hydrogens (tertiary/aromatic N) is 2. The summed E-state index contributed by atoms with van der Waals surface area (Å²) in [6, 6.07) is 7.47. The molecule has 0 unspecified atom stereocenters. The third kappa shape index (κ3) is 8.64. The lowest BCUT2D eigenvalue weighted by molar-refractivity contribution is -0.116. The van der Waals surface area contributed by atoms with Gasteiger partial charge in [-0.1, -0.05) is 12.1 Å². The van der Waals surface area contributed by atoms with E-state index in [4.69, 9.17) is 4.74 Å². The van der Waals surface area contributed by atoms with Crippen LogP contribution in [-0.2, 0) is 26.2 Å². The number of ether oxygens (including phenoxy) is 1. The van der Waals surface area contributed by atoms with E-state index in [9.17, 15) is 26.4 Å². The molecule has 0 saturated carbocycles. The zero-order chi connectivity index (χ0) is 32.0. The molecule has 3 heterocycles. The number of pyridine rings is 1. The van der Waals surface area contributed by atoms with Gasteiger partial charge in [0.2, 0.25) is 5.91 Å². The molecule has 0 radical (unpaired) electrons. The minimum absolute atomic E-state index is 0.0934. The van der Waals surface area contributed by atoms with Crippen molar-refractivity contribution in [3.8, 4) is 0 Å². The summed E-state index contributed by atoms with van der Waals surface area (Å²) in [4.78, 5) is 17.2. The smallest absolute Gasteiger partial charge is 0.280 e. The first-order valence-electron chi connectivity index (χ1n) is 14.8. The largest absolute Gasteiger partial charge is 0.381 e. The fourth-order valence-corrected chi connectivity index (χ4v) is 7.52. The molecule has 45 heavy (non-hydrogen) atoms. The average molecular weight is 650 g/mol. The molecular weight excluding hydrogens is 614 g/mol. The first-order chi connectivity index (χ1) is 21.6. The van der Waals surface area contributed by atoms with E-state index >= 15 is 4.39 Å². The van der Waals surface area contributed by atoms with Crippen molar-refractivity contribution < 1.29 is 35.5 Å². The number of halogens is 4. The monoisotopic (exact) mass is 649 g/mol. The number of nitrogens with one attached hydrogen (secondary N) is 3. The van der Waals surface area contributed by atoms with Crippen molar-refractivity contribution in [2.75, 3.05) is 38.2 Å². The van der Waals surface area contributed by atoms with Gasteiger partial charge in [-0.05, 0) is 61.1 Å². The van der Waals surface area contributed by atoms with Crippen LogP contribution in [0.2, 0.25) is 0 Å². The Morgan fingerprint density at radius 2 is 1.71 bits per heavy atom. The maximum Gasteiger partial charge on any atom is 0.280 e. The van der Waals surface area contributed by atoms with Gasteiger partial charge in [0.25, 0.3) is 10.2 Å². The fraction of sp³-hybridized carbons (Fsp3) is 0.419. The van der Waals surface area contributed by atoms with Crippen molar-refractivity contribution >= 4 is 21.8 Å². The number of anilines is 1. The number of benzene rings is 2. The van der Waals surface area contributed by atoms with E-state index in [1.54, 1.807) is 0 Å². The van der Waals surface area contributed by atoms with Crippen LogP contribution in [0, 0.1) is 23.3 Å². The van der Waals surface area contributed by atoms with Gasteiger partial charge in [0.15, 0.2) is 0 Å². The zero-order valence-corrected chi connectivity index (χ0v) is 25.3. The van der Waals surface area contributed by atoms with Crippen LogP contribution in [0.5, 0.6) is 0 Å². The zero-order valence-electron chi connectivity index (χ0n) is 24.4. The van der Waals surface area contributed by atoms with Crippen LogP contribution in [-0.4, -0.2) is 68.5 Å². The van der Waals surface area contributed by atoms with Crippen molar-refractivity contribution in [1.29, 1.82) is 0 Å². The number of carbonyl (C=O) groups is 1. The van der Waals surface area contributed by atoms with E-state index in [1.165, 1.54) is 34.8 Å². The Balaban J connectivity index is 1.31. The highest BCUT2D eigenvalue weighted by Crippen LogP contribution is 2.31. The Hall–Kier alpha value is -3.43. The third-order valence-electron chi connectivity index (χ3n) is 8.10. The van der Waals surface area contributed by atoms with Gasteiger partial charge in [-0.15, -0.1) is 0 Å². The number of aromatic nitrogens is 1. The molecule has 2 atom stereocenters. The van der Waals surface area contributed by atoms with Crippen LogP contribution in [0.4, 0.5) is 23.2 Å². The van der Waals surface area contributed by atoms with Crippen molar-refractivity contribution in [3.63, 3.8) is 0 Å². The van der Waals surface area contributed by atoms with E-state index in [2.05, 4.69) is 20.3 Å². The van der Waals surface area contributed by atoms with Crippen LogP contribution < -0.4 is 15.4 Å². The van der Waals surface area contributed by atoms with Gasteiger partial charge in [-0.2, -0.15) is 17.4 Å². The summed E-state index contributed by atoms with van der Waals surface area (Å²) in [5, 5.41) is 5.87. The van der Waals surface area contributed by atoms with Gasteiger partial charge >= 0.3 is 0 Å². The number of carbonyl (C=O) groups excluding carboxylic acids is 1. The number of hydrogen-bond acceptors (Lipinski definition) is 6. The first kappa shape index (κ1) is 32.9. The maximum absolute atomic E-state index is 15.1. The first-order valence-corrected chi connectivity index (χ1v) is 16.2. The van der Waals surface area contributed by atoms with Gasteiger partial charge < -0.3 is 15.4 Å². The van der Waals surface area contributed by atoms with Crippen LogP contribution in [0.3, 0.4) is 0 Å². The summed E-state index contributed by atoms with van der Waals surface area (Å²) in [7, 11) is -3.82. The fourth-order valence-electron chi connectivity index (χ4n) is 5.82. The molecule has 1 aromatic heterocycles. The SMILES string of the molecule is O=C(C[C@@H](c1ccc(F)cc1)c1cc(F)cc(F)c1)Nc1cncc(F)c1CC[C@H]1CNCCN1S(=O)(=O)NC1CCOCC1. The molecule has 2 fully saturated rings. The van der Waals surface area contributed by atoms with E-state index in [0.717, 1.165) is 18.3 Å². The maximum atomic E-state index is 15.1. The third-order valence-corrected chi connectivity index (χ3v) is 9.83. The Kier molecular flexibility index (Phi) is 10.8. The molecule has 242 valence electrons. The lowest BCUT2D eigenvalue weighted by Gasteiger charge is -2.36. The molecule has 2 aliphatic rings. The van der Waals surface area contributed by atoms with E-state index in [1.807, 2.05) is 0 Å². The van der Waals surface area contributed by atoms with Crippen LogP contribution in [0.1, 0.15) is 48.3 Å². The van der Waals surface area contributed by atoms with Crippen LogP contribution >= 0.6 is 0 Å². The Labute approximate surface area is 259 Å². The molecule has 0 aliphatic carbocycles. The van der Waals surface area contributed by atoms with Crippen LogP contribution in [0.25, 0.3) is 0 Å². The van der Waals surface area contributed by atoms with Crippen molar-refractivity contribution in [3.05, 3.63) is 94.8 Å². The van der Waals surface area contributed by atoms with Crippen molar-refractivity contribution in [1.82, 2.24) is 19.3 Å². The topological polar surface area (TPSA) is 113 Å². The number of piperazine rings is 1. The molecule has 2 aromatic carbocycles. The predicted molar refractivity (Wildman–Crippen MR) is 160 cm³/mol. The summed E-state index contributed by atoms with van der Waals surface area (Å²) in [6.45, 7) is 2.06. The molecule has 2 saturated heterocycles. The molecule has 9 nitrogen and oxygen atoms in total. The number of hydrogen-bond donors (Lipinski definition) is 3. The minimum Gasteiger partial charge on any atom is -0.381 e. The van der Waals surface area contributed by atoms with Gasteiger partial charge in [0.1, 0.15) is 23.3 Å². The Bertz CT molecular complexity index is 1570. The molecule has 2 aliphatic heterocycles. The van der Waals surface area contributed by atoms with Crippen LogP contribution in [0.15, 0.2) is 54.9 Å². The lowest BCUT2D eigenvalue weighted by Crippen LogP contribution is -2.58. The summed E-state index contributed by atoms with van der Waals surface area (Å²) < 4.78 is 93.0. The average Bonchev–Trinajstić information content (AvgIpc) is 3.00. The molecule has 14 heteroatoms. The highest BCUT2D eigenvalue weighted by molar-refractivity contribution is 7.87. The molecule has 0 spiro atoms. The summed E-state index contributed by atoms with van der Waals surface area (Å²) in [5.74, 6) is -4.27. The minimum atomic E-state index is -3.82. The van der Waals surface area contributed by atoms with E-state index in [0.29, 0.717) is 50.8 Å². The lowest BCUT2D eigenvalue weighted by atomic mass is 9.88. The Morgan fingerprint density at radius 1 is 1.00 bits per heavy atom. The summed E-state index contributed by atoms with van der Waals surface area (Å²) in [5.41, 5.74) is 0.873. The molecule has 1 amide bonds. The molecular formula is C31H35F4N5O4S. The van der Waals surface area contributed by atoms with Gasteiger partial charge in [0.05, 0.1) is 18.1 Å². The number of rotatable bonds is 11. The molecule has 3 aromatic rings. The second-order valence-corrected chi connectivity index (χ2v) is 12.9. The van der Waals surface area contributed by atoms with Gasteiger partial charge in [0, 0.05) is 68.9 Å². The van der Waals surface area contributed by atoms with Gasteiger partial charge in [-0.3, -0.25) is 9.78 Å². The quantitative estimate of drug-likeness (QED) is 0.271. The highest BCUT2D eigenvalue weighted by atomic mass is 32.2. The van der Waals surface area contributed by atoms with Gasteiger partial charge in [-0.25, -0.2) is 17.6 Å². The van der Waals surface area contributed by atoms with E-state index in [-0.39, 0.29) is 48.7 Å². The summed E-state index contributed by atoms with van der Waals surface area (Å²) >= 11 is 0. The van der Waals surface area contributed by atoms with Crippen molar-refractivity contribution in [2.24, 2.45) is 0 Å². The predicted octanol–water partition coefficient (Wildman–Crippen LogP) is 4.02.